The molecule has 0 bridgehead atoms. The molecule has 0 spiro atoms. The molecule has 0 saturated carbocycles. The maximum absolute atomic E-state index is 13.7. The van der Waals surface area contributed by atoms with Crippen LogP contribution in [0.2, 0.25) is 0 Å². The van der Waals surface area contributed by atoms with E-state index < -0.39 is 6.04 Å². The lowest BCUT2D eigenvalue weighted by atomic mass is 9.95. The number of ether oxygens (including phenoxy) is 3. The van der Waals surface area contributed by atoms with Gasteiger partial charge in [0.15, 0.2) is 0 Å². The van der Waals surface area contributed by atoms with Crippen LogP contribution in [0.15, 0.2) is 84.3 Å². The van der Waals surface area contributed by atoms with E-state index in [1.165, 1.54) is 11.9 Å². The van der Waals surface area contributed by atoms with E-state index in [0.29, 0.717) is 41.0 Å². The highest BCUT2D eigenvalue weighted by Crippen LogP contribution is 2.37. The molecule has 194 valence electrons. The number of fused-ring (bicyclic) bond motifs is 1. The number of aromatic nitrogens is 3. The number of hydrogen-bond donors (Lipinski definition) is 2. The minimum Gasteiger partial charge on any atom is -0.497 e. The van der Waals surface area contributed by atoms with E-state index >= 15 is 0 Å². The molecular formula is C29H29N5O4. The molecule has 5 rings (SSSR count). The lowest BCUT2D eigenvalue weighted by Gasteiger charge is -2.29. The molecule has 2 heterocycles. The van der Waals surface area contributed by atoms with E-state index in [-0.39, 0.29) is 5.91 Å². The van der Waals surface area contributed by atoms with Crippen LogP contribution in [0.3, 0.4) is 0 Å². The van der Waals surface area contributed by atoms with Crippen molar-refractivity contribution in [3.8, 4) is 17.2 Å². The Kier molecular flexibility index (Phi) is 6.99. The molecule has 2 N–H and O–H groups in total. The van der Waals surface area contributed by atoms with Gasteiger partial charge in [-0.2, -0.15) is 10.1 Å². The number of benzene rings is 3. The van der Waals surface area contributed by atoms with Gasteiger partial charge in [-0.3, -0.25) is 4.79 Å². The summed E-state index contributed by atoms with van der Waals surface area (Å²) in [5, 5.41) is 10.6. The Morgan fingerprint density at radius 3 is 2.42 bits per heavy atom. The fourth-order valence-electron chi connectivity index (χ4n) is 4.38. The van der Waals surface area contributed by atoms with Gasteiger partial charge < -0.3 is 24.8 Å². The van der Waals surface area contributed by atoms with Crippen molar-refractivity contribution in [1.82, 2.24) is 14.8 Å². The van der Waals surface area contributed by atoms with Gasteiger partial charge in [-0.15, -0.1) is 0 Å². The standard InChI is InChI=1S/C29H29N5O4/c1-18-5-7-20(8-6-18)16-38-22-11-9-21(10-12-22)27-26(19(2)32-29-30-17-31-34(27)29)28(35)33-24-14-13-23(36-3)15-25(24)37-4/h5-15,17,27H,16H2,1-4H3,(H,33,35)(H,30,31,32)/t27-/m0/s1. The first kappa shape index (κ1) is 24.9. The zero-order chi connectivity index (χ0) is 26.6. The maximum atomic E-state index is 13.7. The average Bonchev–Trinajstić information content (AvgIpc) is 3.40. The Bertz CT molecular complexity index is 1480. The van der Waals surface area contributed by atoms with E-state index in [2.05, 4.69) is 51.9 Å². The molecule has 9 heteroatoms. The number of nitrogens with zero attached hydrogens (tertiary/aromatic N) is 3. The van der Waals surface area contributed by atoms with Crippen molar-refractivity contribution < 1.29 is 19.0 Å². The quantitative estimate of drug-likeness (QED) is 0.339. The Morgan fingerprint density at radius 2 is 1.71 bits per heavy atom. The van der Waals surface area contributed by atoms with E-state index in [0.717, 1.165) is 16.9 Å². The zero-order valence-electron chi connectivity index (χ0n) is 21.7. The van der Waals surface area contributed by atoms with Gasteiger partial charge in [0.25, 0.3) is 5.91 Å². The molecule has 0 radical (unpaired) electrons. The number of aryl methyl sites for hydroxylation is 1. The summed E-state index contributed by atoms with van der Waals surface area (Å²) < 4.78 is 18.4. The van der Waals surface area contributed by atoms with Gasteiger partial charge in [0, 0.05) is 11.8 Å². The summed E-state index contributed by atoms with van der Waals surface area (Å²) in [5.41, 5.74) is 4.89. The summed E-state index contributed by atoms with van der Waals surface area (Å²) >= 11 is 0. The fraction of sp³-hybridized carbons (Fsp3) is 0.207. The predicted molar refractivity (Wildman–Crippen MR) is 145 cm³/mol. The summed E-state index contributed by atoms with van der Waals surface area (Å²) in [6, 6.07) is 20.7. The third kappa shape index (κ3) is 5.04. The smallest absolute Gasteiger partial charge is 0.255 e. The van der Waals surface area contributed by atoms with Crippen molar-refractivity contribution in [2.45, 2.75) is 26.5 Å². The second-order valence-electron chi connectivity index (χ2n) is 8.96. The van der Waals surface area contributed by atoms with Crippen LogP contribution in [0.1, 0.15) is 29.7 Å². The highest BCUT2D eigenvalue weighted by Gasteiger charge is 2.33. The number of hydrogen-bond acceptors (Lipinski definition) is 7. The first-order valence-corrected chi connectivity index (χ1v) is 12.2. The number of anilines is 2. The highest BCUT2D eigenvalue weighted by atomic mass is 16.5. The van der Waals surface area contributed by atoms with E-state index in [1.807, 2.05) is 31.2 Å². The molecule has 1 amide bonds. The SMILES string of the molecule is COc1ccc(NC(=O)C2=C(C)Nc3ncnn3[C@H]2c2ccc(OCc3ccc(C)cc3)cc2)c(OC)c1. The van der Waals surface area contributed by atoms with Gasteiger partial charge in [-0.1, -0.05) is 42.0 Å². The number of allylic oxidation sites excluding steroid dienone is 1. The predicted octanol–water partition coefficient (Wildman–Crippen LogP) is 5.11. The number of carbonyl (C=O) groups is 1. The molecular weight excluding hydrogens is 482 g/mol. The largest absolute Gasteiger partial charge is 0.497 e. The van der Waals surface area contributed by atoms with Crippen LogP contribution >= 0.6 is 0 Å². The molecule has 3 aromatic carbocycles. The zero-order valence-corrected chi connectivity index (χ0v) is 21.7. The molecule has 0 aliphatic carbocycles. The molecule has 1 atom stereocenters. The fourth-order valence-corrected chi connectivity index (χ4v) is 4.38. The number of carbonyl (C=O) groups excluding carboxylic acids is 1. The number of rotatable bonds is 8. The Balaban J connectivity index is 1.41. The Labute approximate surface area is 221 Å². The lowest BCUT2D eigenvalue weighted by molar-refractivity contribution is -0.113. The van der Waals surface area contributed by atoms with Crippen LogP contribution in [-0.4, -0.2) is 34.9 Å². The van der Waals surface area contributed by atoms with Crippen LogP contribution < -0.4 is 24.8 Å². The van der Waals surface area contributed by atoms with Gasteiger partial charge in [-0.05, 0) is 49.2 Å². The van der Waals surface area contributed by atoms with Gasteiger partial charge in [-0.25, -0.2) is 4.68 Å². The Hall–Kier alpha value is -4.79. The maximum Gasteiger partial charge on any atom is 0.255 e. The van der Waals surface area contributed by atoms with Crippen LogP contribution in [0.4, 0.5) is 11.6 Å². The van der Waals surface area contributed by atoms with Crippen molar-refractivity contribution in [3.63, 3.8) is 0 Å². The molecule has 0 fully saturated rings. The topological polar surface area (TPSA) is 99.5 Å². The first-order valence-electron chi connectivity index (χ1n) is 12.2. The summed E-state index contributed by atoms with van der Waals surface area (Å²) in [6.45, 7) is 4.38. The van der Waals surface area contributed by atoms with Crippen LogP contribution in [0, 0.1) is 6.92 Å². The third-order valence-electron chi connectivity index (χ3n) is 6.42. The van der Waals surface area contributed by atoms with Crippen molar-refractivity contribution in [2.75, 3.05) is 24.9 Å². The Morgan fingerprint density at radius 1 is 0.974 bits per heavy atom. The third-order valence-corrected chi connectivity index (χ3v) is 6.42. The van der Waals surface area contributed by atoms with Gasteiger partial charge in [0.1, 0.15) is 36.2 Å². The highest BCUT2D eigenvalue weighted by molar-refractivity contribution is 6.06. The second-order valence-corrected chi connectivity index (χ2v) is 8.96. The minimum atomic E-state index is -0.496. The summed E-state index contributed by atoms with van der Waals surface area (Å²) in [6.07, 6.45) is 1.47. The molecule has 9 nitrogen and oxygen atoms in total. The number of amides is 1. The van der Waals surface area contributed by atoms with Crippen LogP contribution in [0.5, 0.6) is 17.2 Å². The summed E-state index contributed by atoms with van der Waals surface area (Å²) in [5.74, 6) is 2.13. The number of nitrogens with one attached hydrogen (secondary N) is 2. The van der Waals surface area contributed by atoms with Crippen molar-refractivity contribution in [3.05, 3.63) is 101 Å². The van der Waals surface area contributed by atoms with Gasteiger partial charge in [0.2, 0.25) is 5.95 Å². The molecule has 1 aromatic heterocycles. The van der Waals surface area contributed by atoms with Crippen LogP contribution in [0.25, 0.3) is 0 Å². The second kappa shape index (κ2) is 10.7. The summed E-state index contributed by atoms with van der Waals surface area (Å²) in [7, 11) is 3.12. The van der Waals surface area contributed by atoms with Crippen molar-refractivity contribution in [2.24, 2.45) is 0 Å². The van der Waals surface area contributed by atoms with E-state index in [1.54, 1.807) is 37.1 Å². The normalized spacial score (nSPS) is 14.4. The monoisotopic (exact) mass is 511 g/mol. The molecule has 1 aliphatic heterocycles. The van der Waals surface area contributed by atoms with E-state index in [9.17, 15) is 4.79 Å². The summed E-state index contributed by atoms with van der Waals surface area (Å²) in [4.78, 5) is 18.0. The molecule has 4 aromatic rings. The van der Waals surface area contributed by atoms with E-state index in [4.69, 9.17) is 14.2 Å². The first-order chi connectivity index (χ1) is 18.5. The molecule has 0 unspecified atom stereocenters. The van der Waals surface area contributed by atoms with Gasteiger partial charge in [0.05, 0.1) is 25.5 Å². The molecule has 1 aliphatic rings. The average molecular weight is 512 g/mol. The molecule has 0 saturated heterocycles. The molecule has 38 heavy (non-hydrogen) atoms. The van der Waals surface area contributed by atoms with Crippen LogP contribution in [-0.2, 0) is 11.4 Å². The van der Waals surface area contributed by atoms with Gasteiger partial charge >= 0.3 is 0 Å². The minimum absolute atomic E-state index is 0.288. The van der Waals surface area contributed by atoms with Crippen molar-refractivity contribution in [1.29, 1.82) is 0 Å². The number of methoxy groups -OCH3 is 2. The lowest BCUT2D eigenvalue weighted by Crippen LogP contribution is -2.31. The van der Waals surface area contributed by atoms with Crippen molar-refractivity contribution >= 4 is 17.5 Å².